The minimum Gasteiger partial charge on any atom is -0.310 e. The van der Waals surface area contributed by atoms with Gasteiger partial charge in [0, 0.05) is 6.04 Å². The third-order valence-electron chi connectivity index (χ3n) is 4.90. The molecule has 0 aliphatic heterocycles. The van der Waals surface area contributed by atoms with Gasteiger partial charge in [-0.25, -0.2) is 0 Å². The van der Waals surface area contributed by atoms with Crippen molar-refractivity contribution in [3.63, 3.8) is 0 Å². The first-order chi connectivity index (χ1) is 10.3. The molecule has 0 bridgehead atoms. The molecule has 1 nitrogen and oxygen atoms in total. The van der Waals surface area contributed by atoms with E-state index in [-0.39, 0.29) is 0 Å². The lowest BCUT2D eigenvalue weighted by Gasteiger charge is -2.23. The van der Waals surface area contributed by atoms with Gasteiger partial charge in [0.05, 0.1) is 0 Å². The quantitative estimate of drug-likeness (QED) is 0.621. The normalized spacial score (nSPS) is 17.8. The molecule has 1 aromatic carbocycles. The molecule has 0 heterocycles. The highest BCUT2D eigenvalue weighted by Crippen LogP contribution is 2.33. The second-order valence-corrected chi connectivity index (χ2v) is 6.65. The zero-order valence-electron chi connectivity index (χ0n) is 14.0. The molecule has 0 spiro atoms. The predicted octanol–water partition coefficient (Wildman–Crippen LogP) is 5.97. The summed E-state index contributed by atoms with van der Waals surface area (Å²) in [7, 11) is 0. The van der Waals surface area contributed by atoms with E-state index in [0.29, 0.717) is 6.04 Å². The molecule has 2 rings (SSSR count). The van der Waals surface area contributed by atoms with E-state index in [1.807, 2.05) is 0 Å². The Morgan fingerprint density at radius 3 is 2.33 bits per heavy atom. The van der Waals surface area contributed by atoms with Crippen LogP contribution < -0.4 is 5.32 Å². The summed E-state index contributed by atoms with van der Waals surface area (Å²) in [6.45, 7) is 5.65. The Bertz CT molecular complexity index is 367. The van der Waals surface area contributed by atoms with Gasteiger partial charge in [-0.2, -0.15) is 0 Å². The van der Waals surface area contributed by atoms with Gasteiger partial charge in [-0.1, -0.05) is 70.2 Å². The molecular formula is C20H33N. The molecule has 1 aliphatic carbocycles. The molecule has 0 amide bonds. The molecule has 0 radical (unpaired) electrons. The van der Waals surface area contributed by atoms with E-state index in [1.54, 1.807) is 5.56 Å². The number of hydrogen-bond donors (Lipinski definition) is 1. The number of benzene rings is 1. The molecule has 1 atom stereocenters. The standard InChI is InChI=1S/C20H33N/c1-3-5-11-20(21-16-4-2)19-14-12-18(13-15-19)17-9-7-6-8-10-17/h12-15,17,20-21H,3-11,16H2,1-2H3. The summed E-state index contributed by atoms with van der Waals surface area (Å²) in [6, 6.07) is 10.1. The Morgan fingerprint density at radius 1 is 1.00 bits per heavy atom. The van der Waals surface area contributed by atoms with Gasteiger partial charge in [-0.05, 0) is 49.3 Å². The van der Waals surface area contributed by atoms with Gasteiger partial charge < -0.3 is 5.32 Å². The molecule has 1 N–H and O–H groups in total. The second-order valence-electron chi connectivity index (χ2n) is 6.65. The third-order valence-corrected chi connectivity index (χ3v) is 4.90. The van der Waals surface area contributed by atoms with Crippen LogP contribution in [-0.2, 0) is 0 Å². The summed E-state index contributed by atoms with van der Waals surface area (Å²) in [5.41, 5.74) is 3.06. The summed E-state index contributed by atoms with van der Waals surface area (Å²) in [6.07, 6.45) is 12.1. The van der Waals surface area contributed by atoms with Gasteiger partial charge in [-0.15, -0.1) is 0 Å². The van der Waals surface area contributed by atoms with Crippen LogP contribution in [0.2, 0.25) is 0 Å². The zero-order chi connectivity index (χ0) is 14.9. The topological polar surface area (TPSA) is 12.0 Å². The van der Waals surface area contributed by atoms with E-state index < -0.39 is 0 Å². The summed E-state index contributed by atoms with van der Waals surface area (Å²) in [5.74, 6) is 0.825. The summed E-state index contributed by atoms with van der Waals surface area (Å²) in [5, 5.41) is 3.72. The molecule has 118 valence electrons. The minimum absolute atomic E-state index is 0.547. The van der Waals surface area contributed by atoms with Crippen molar-refractivity contribution in [2.75, 3.05) is 6.54 Å². The molecule has 1 aliphatic rings. The molecule has 1 fully saturated rings. The first-order valence-corrected chi connectivity index (χ1v) is 9.18. The summed E-state index contributed by atoms with van der Waals surface area (Å²) < 4.78 is 0. The van der Waals surface area contributed by atoms with Crippen LogP contribution >= 0.6 is 0 Å². The molecular weight excluding hydrogens is 254 g/mol. The van der Waals surface area contributed by atoms with E-state index in [9.17, 15) is 0 Å². The van der Waals surface area contributed by atoms with Gasteiger partial charge in [0.25, 0.3) is 0 Å². The van der Waals surface area contributed by atoms with E-state index in [0.717, 1.165) is 12.5 Å². The van der Waals surface area contributed by atoms with Gasteiger partial charge >= 0.3 is 0 Å². The average molecular weight is 287 g/mol. The van der Waals surface area contributed by atoms with Gasteiger partial charge in [0.2, 0.25) is 0 Å². The lowest BCUT2D eigenvalue weighted by Crippen LogP contribution is -2.22. The smallest absolute Gasteiger partial charge is 0.0320 e. The zero-order valence-corrected chi connectivity index (χ0v) is 14.0. The molecule has 0 aromatic heterocycles. The maximum absolute atomic E-state index is 3.72. The largest absolute Gasteiger partial charge is 0.310 e. The van der Waals surface area contributed by atoms with Crippen LogP contribution in [0.4, 0.5) is 0 Å². The van der Waals surface area contributed by atoms with Crippen molar-refractivity contribution in [2.45, 2.75) is 83.6 Å². The maximum atomic E-state index is 3.72. The summed E-state index contributed by atoms with van der Waals surface area (Å²) >= 11 is 0. The first kappa shape index (κ1) is 16.5. The Kier molecular flexibility index (Phi) is 7.29. The first-order valence-electron chi connectivity index (χ1n) is 9.18. The van der Waals surface area contributed by atoms with Crippen molar-refractivity contribution < 1.29 is 0 Å². The van der Waals surface area contributed by atoms with Gasteiger partial charge in [-0.3, -0.25) is 0 Å². The fourth-order valence-electron chi connectivity index (χ4n) is 3.55. The van der Waals surface area contributed by atoms with Crippen molar-refractivity contribution in [2.24, 2.45) is 0 Å². The van der Waals surface area contributed by atoms with Crippen LogP contribution in [0.1, 0.15) is 94.7 Å². The molecule has 1 saturated carbocycles. The highest BCUT2D eigenvalue weighted by molar-refractivity contribution is 5.27. The van der Waals surface area contributed by atoms with Crippen LogP contribution in [0.25, 0.3) is 0 Å². The molecule has 1 aromatic rings. The monoisotopic (exact) mass is 287 g/mol. The van der Waals surface area contributed by atoms with Crippen molar-refractivity contribution in [3.8, 4) is 0 Å². The number of rotatable bonds is 8. The maximum Gasteiger partial charge on any atom is 0.0320 e. The van der Waals surface area contributed by atoms with Crippen molar-refractivity contribution in [3.05, 3.63) is 35.4 Å². The van der Waals surface area contributed by atoms with Crippen LogP contribution in [0.15, 0.2) is 24.3 Å². The Hall–Kier alpha value is -0.820. The number of nitrogens with one attached hydrogen (secondary N) is 1. The van der Waals surface area contributed by atoms with E-state index in [4.69, 9.17) is 0 Å². The minimum atomic E-state index is 0.547. The number of unbranched alkanes of at least 4 members (excludes halogenated alkanes) is 1. The van der Waals surface area contributed by atoms with Crippen molar-refractivity contribution >= 4 is 0 Å². The SMILES string of the molecule is CCCCC(NCCC)c1ccc(C2CCCCC2)cc1. The van der Waals surface area contributed by atoms with Gasteiger partial charge in [0.15, 0.2) is 0 Å². The van der Waals surface area contributed by atoms with Crippen LogP contribution in [0.3, 0.4) is 0 Å². The van der Waals surface area contributed by atoms with Crippen molar-refractivity contribution in [1.82, 2.24) is 5.32 Å². The van der Waals surface area contributed by atoms with E-state index in [1.165, 1.54) is 63.4 Å². The van der Waals surface area contributed by atoms with Crippen molar-refractivity contribution in [1.29, 1.82) is 0 Å². The predicted molar refractivity (Wildman–Crippen MR) is 92.8 cm³/mol. The second kappa shape index (κ2) is 9.25. The Balaban J connectivity index is 1.99. The molecule has 0 saturated heterocycles. The van der Waals surface area contributed by atoms with Crippen LogP contribution in [0, 0.1) is 0 Å². The summed E-state index contributed by atoms with van der Waals surface area (Å²) in [4.78, 5) is 0. The highest BCUT2D eigenvalue weighted by atomic mass is 14.9. The molecule has 1 unspecified atom stereocenters. The average Bonchev–Trinajstić information content (AvgIpc) is 2.56. The highest BCUT2D eigenvalue weighted by Gasteiger charge is 2.16. The fraction of sp³-hybridized carbons (Fsp3) is 0.700. The molecule has 21 heavy (non-hydrogen) atoms. The Morgan fingerprint density at radius 2 is 1.71 bits per heavy atom. The number of hydrogen-bond acceptors (Lipinski definition) is 1. The third kappa shape index (κ3) is 5.14. The lowest BCUT2D eigenvalue weighted by molar-refractivity contribution is 0.443. The fourth-order valence-corrected chi connectivity index (χ4v) is 3.55. The Labute approximate surface area is 131 Å². The molecule has 1 heteroatoms. The van der Waals surface area contributed by atoms with Gasteiger partial charge in [0.1, 0.15) is 0 Å². The van der Waals surface area contributed by atoms with E-state index in [2.05, 4.69) is 43.4 Å². The lowest BCUT2D eigenvalue weighted by atomic mass is 9.83. The van der Waals surface area contributed by atoms with E-state index >= 15 is 0 Å². The van der Waals surface area contributed by atoms with Crippen LogP contribution in [-0.4, -0.2) is 6.54 Å². The van der Waals surface area contributed by atoms with Crippen LogP contribution in [0.5, 0.6) is 0 Å².